The molecule has 19 heavy (non-hydrogen) atoms. The summed E-state index contributed by atoms with van der Waals surface area (Å²) < 4.78 is 5.66. The summed E-state index contributed by atoms with van der Waals surface area (Å²) in [5, 5.41) is 27.2. The van der Waals surface area contributed by atoms with Crippen molar-refractivity contribution in [1.29, 1.82) is 5.41 Å². The highest BCUT2D eigenvalue weighted by atomic mass is 16.3. The second-order valence-electron chi connectivity index (χ2n) is 4.86. The maximum Gasteiger partial charge on any atom is 0.134 e. The molecule has 0 bridgehead atoms. The van der Waals surface area contributed by atoms with Crippen molar-refractivity contribution < 1.29 is 14.6 Å². The molecule has 1 heterocycles. The van der Waals surface area contributed by atoms with E-state index < -0.39 is 18.8 Å². The number of aryl methyl sites for hydroxylation is 1. The molecule has 5 nitrogen and oxygen atoms in total. The van der Waals surface area contributed by atoms with E-state index in [1.165, 1.54) is 0 Å². The molecule has 2 aromatic rings. The van der Waals surface area contributed by atoms with Crippen LogP contribution in [0.4, 0.5) is 0 Å². The lowest BCUT2D eigenvalue weighted by molar-refractivity contribution is 0.104. The highest BCUT2D eigenvalue weighted by molar-refractivity contribution is 6.00. The van der Waals surface area contributed by atoms with Crippen LogP contribution in [0, 0.1) is 12.3 Å². The second-order valence-corrected chi connectivity index (χ2v) is 4.86. The molecule has 0 unspecified atom stereocenters. The van der Waals surface area contributed by atoms with E-state index in [0.717, 1.165) is 16.5 Å². The predicted octanol–water partition coefficient (Wildman–Crippen LogP) is 1.27. The van der Waals surface area contributed by atoms with Crippen molar-refractivity contribution >= 4 is 16.7 Å². The summed E-state index contributed by atoms with van der Waals surface area (Å²) in [6, 6.07) is 5.43. The third kappa shape index (κ3) is 2.16. The Balaban J connectivity index is 2.66. The molecule has 2 rings (SSSR count). The van der Waals surface area contributed by atoms with Crippen molar-refractivity contribution in [3.05, 3.63) is 35.1 Å². The van der Waals surface area contributed by atoms with E-state index in [0.29, 0.717) is 17.1 Å². The van der Waals surface area contributed by atoms with Gasteiger partial charge in [0.2, 0.25) is 0 Å². The molecule has 0 atom stereocenters. The summed E-state index contributed by atoms with van der Waals surface area (Å²) in [6.07, 6.45) is 0. The van der Waals surface area contributed by atoms with Crippen LogP contribution < -0.4 is 5.73 Å². The summed E-state index contributed by atoms with van der Waals surface area (Å²) in [7, 11) is 0. The van der Waals surface area contributed by atoms with Gasteiger partial charge in [0, 0.05) is 16.7 Å². The molecule has 0 radical (unpaired) electrons. The average molecular weight is 262 g/mol. The minimum absolute atomic E-state index is 0.382. The number of benzene rings is 1. The predicted molar refractivity (Wildman–Crippen MR) is 73.5 cm³/mol. The fraction of sp³-hybridized carbons (Fsp3) is 0.357. The summed E-state index contributed by atoms with van der Waals surface area (Å²) >= 11 is 0. The van der Waals surface area contributed by atoms with Crippen LogP contribution in [0.15, 0.2) is 22.6 Å². The number of rotatable bonds is 4. The first-order chi connectivity index (χ1) is 8.92. The first kappa shape index (κ1) is 13.7. The van der Waals surface area contributed by atoms with Gasteiger partial charge in [0.25, 0.3) is 0 Å². The molecule has 0 spiro atoms. The van der Waals surface area contributed by atoms with Crippen LogP contribution in [0.25, 0.3) is 11.0 Å². The molecule has 5 N–H and O–H groups in total. The van der Waals surface area contributed by atoms with Crippen molar-refractivity contribution in [3.8, 4) is 0 Å². The van der Waals surface area contributed by atoms with Gasteiger partial charge >= 0.3 is 0 Å². The van der Waals surface area contributed by atoms with Gasteiger partial charge in [0.15, 0.2) is 0 Å². The molecule has 0 saturated heterocycles. The van der Waals surface area contributed by atoms with Crippen LogP contribution in [0.5, 0.6) is 0 Å². The largest absolute Gasteiger partial charge is 0.459 e. The molecule has 0 aliphatic carbocycles. The van der Waals surface area contributed by atoms with Crippen molar-refractivity contribution in [1.82, 2.24) is 0 Å². The number of aliphatic hydroxyl groups excluding tert-OH is 2. The maximum absolute atomic E-state index is 9.35. The Labute approximate surface area is 111 Å². The Bertz CT molecular complexity index is 627. The molecule has 102 valence electrons. The fourth-order valence-electron chi connectivity index (χ4n) is 2.12. The molecule has 1 aromatic carbocycles. The smallest absolute Gasteiger partial charge is 0.134 e. The van der Waals surface area contributed by atoms with Crippen molar-refractivity contribution in [2.45, 2.75) is 19.4 Å². The standard InChI is InChI=1S/C14H18N2O3/c1-8-11-5-10(9(2)15)3-4-12(11)19-13(8)14(16,6-17)7-18/h3-5,15,17-18H,6-7,16H2,1-2H3. The van der Waals surface area contributed by atoms with E-state index >= 15 is 0 Å². The monoisotopic (exact) mass is 262 g/mol. The lowest BCUT2D eigenvalue weighted by Crippen LogP contribution is -2.44. The number of furan rings is 1. The minimum Gasteiger partial charge on any atom is -0.459 e. The molecule has 0 fully saturated rings. The van der Waals surface area contributed by atoms with Crippen molar-refractivity contribution in [3.63, 3.8) is 0 Å². The number of aliphatic hydroxyl groups is 2. The van der Waals surface area contributed by atoms with E-state index in [-0.39, 0.29) is 0 Å². The number of hydrogen-bond acceptors (Lipinski definition) is 5. The second kappa shape index (κ2) is 4.77. The number of fused-ring (bicyclic) bond motifs is 1. The molecule has 1 aromatic heterocycles. The molecule has 0 saturated carbocycles. The lowest BCUT2D eigenvalue weighted by Gasteiger charge is -2.22. The van der Waals surface area contributed by atoms with E-state index in [2.05, 4.69) is 0 Å². The Morgan fingerprint density at radius 1 is 1.37 bits per heavy atom. The lowest BCUT2D eigenvalue weighted by atomic mass is 9.95. The van der Waals surface area contributed by atoms with Crippen LogP contribution in [0.3, 0.4) is 0 Å². The van der Waals surface area contributed by atoms with Gasteiger partial charge in [-0.15, -0.1) is 0 Å². The van der Waals surface area contributed by atoms with E-state index in [4.69, 9.17) is 15.6 Å². The molecular weight excluding hydrogens is 244 g/mol. The highest BCUT2D eigenvalue weighted by Crippen LogP contribution is 2.32. The van der Waals surface area contributed by atoms with Gasteiger partial charge in [-0.05, 0) is 37.6 Å². The summed E-state index contributed by atoms with van der Waals surface area (Å²) in [4.78, 5) is 0. The van der Waals surface area contributed by atoms with E-state index in [1.54, 1.807) is 19.1 Å². The summed E-state index contributed by atoms with van der Waals surface area (Å²) in [5.41, 5.74) is 7.34. The third-order valence-electron chi connectivity index (χ3n) is 3.39. The number of nitrogens with one attached hydrogen (secondary N) is 1. The normalized spacial score (nSPS) is 12.1. The van der Waals surface area contributed by atoms with Crippen LogP contribution >= 0.6 is 0 Å². The van der Waals surface area contributed by atoms with Crippen LogP contribution in [-0.2, 0) is 5.54 Å². The van der Waals surface area contributed by atoms with Crippen LogP contribution in [-0.4, -0.2) is 29.1 Å². The summed E-state index contributed by atoms with van der Waals surface area (Å²) in [5.74, 6) is 0.382. The quantitative estimate of drug-likeness (QED) is 0.623. The van der Waals surface area contributed by atoms with Gasteiger partial charge in [0.05, 0.1) is 13.2 Å². The molecule has 0 aliphatic heterocycles. The first-order valence-corrected chi connectivity index (χ1v) is 6.02. The van der Waals surface area contributed by atoms with Crippen LogP contribution in [0.1, 0.15) is 23.8 Å². The summed E-state index contributed by atoms with van der Waals surface area (Å²) in [6.45, 7) is 2.74. The van der Waals surface area contributed by atoms with Gasteiger partial charge < -0.3 is 25.8 Å². The van der Waals surface area contributed by atoms with Crippen LogP contribution in [0.2, 0.25) is 0 Å². The third-order valence-corrected chi connectivity index (χ3v) is 3.39. The van der Waals surface area contributed by atoms with E-state index in [1.807, 2.05) is 13.0 Å². The average Bonchev–Trinajstić information content (AvgIpc) is 2.75. The Kier molecular flexibility index (Phi) is 3.45. The van der Waals surface area contributed by atoms with Gasteiger partial charge in [-0.3, -0.25) is 0 Å². The zero-order valence-corrected chi connectivity index (χ0v) is 11.0. The van der Waals surface area contributed by atoms with Crippen molar-refractivity contribution in [2.24, 2.45) is 5.73 Å². The maximum atomic E-state index is 9.35. The SMILES string of the molecule is CC(=N)c1ccc2oc(C(N)(CO)CO)c(C)c2c1. The molecular formula is C14H18N2O3. The van der Waals surface area contributed by atoms with Gasteiger partial charge in [-0.2, -0.15) is 0 Å². The Morgan fingerprint density at radius 3 is 2.53 bits per heavy atom. The van der Waals surface area contributed by atoms with Gasteiger partial charge in [-0.25, -0.2) is 0 Å². The zero-order valence-electron chi connectivity index (χ0n) is 11.0. The number of nitrogens with two attached hydrogens (primary N) is 1. The molecule has 5 heteroatoms. The minimum atomic E-state index is -1.29. The highest BCUT2D eigenvalue weighted by Gasteiger charge is 2.32. The van der Waals surface area contributed by atoms with Crippen molar-refractivity contribution in [2.75, 3.05) is 13.2 Å². The first-order valence-electron chi connectivity index (χ1n) is 6.02. The Hall–Kier alpha value is -1.69. The Morgan fingerprint density at radius 2 is 2.00 bits per heavy atom. The molecule has 0 aliphatic rings. The number of hydrogen-bond donors (Lipinski definition) is 4. The van der Waals surface area contributed by atoms with Gasteiger partial charge in [0.1, 0.15) is 16.9 Å². The van der Waals surface area contributed by atoms with E-state index in [9.17, 15) is 10.2 Å². The zero-order chi connectivity index (χ0) is 14.2. The fourth-order valence-corrected chi connectivity index (χ4v) is 2.12. The van der Waals surface area contributed by atoms with Gasteiger partial charge in [-0.1, -0.05) is 0 Å². The molecule has 0 amide bonds. The topological polar surface area (TPSA) is 103 Å².